The van der Waals surface area contributed by atoms with Gasteiger partial charge in [0.05, 0.1) is 5.69 Å². The van der Waals surface area contributed by atoms with Crippen molar-refractivity contribution >= 4 is 28.1 Å². The number of amides is 1. The van der Waals surface area contributed by atoms with Gasteiger partial charge in [-0.25, -0.2) is 4.98 Å². The number of nitrogens with two attached hydrogens (primary N) is 1. The quantitative estimate of drug-likeness (QED) is 0.750. The number of nitrogens with zero attached hydrogens (tertiary/aromatic N) is 2. The highest BCUT2D eigenvalue weighted by Gasteiger charge is 2.18. The van der Waals surface area contributed by atoms with Crippen LogP contribution in [0.3, 0.4) is 0 Å². The zero-order valence-electron chi connectivity index (χ0n) is 14.8. The summed E-state index contributed by atoms with van der Waals surface area (Å²) < 4.78 is 0. The molecule has 128 valence electrons. The van der Waals surface area contributed by atoms with E-state index in [2.05, 4.69) is 11.1 Å². The SMILES string of the molecule is Cc1ccccc1C(=O)N(C)c1ccc(-c2nc(N)sc2C)cc1C. The second-order valence-corrected chi connectivity index (χ2v) is 7.37. The van der Waals surface area contributed by atoms with Gasteiger partial charge in [-0.1, -0.05) is 24.3 Å². The van der Waals surface area contributed by atoms with Crippen LogP contribution in [0, 0.1) is 20.8 Å². The molecular formula is C20H21N3OS. The van der Waals surface area contributed by atoms with E-state index in [4.69, 9.17) is 5.73 Å². The summed E-state index contributed by atoms with van der Waals surface area (Å²) in [5.74, 6) is -0.0111. The van der Waals surface area contributed by atoms with E-state index in [0.29, 0.717) is 5.13 Å². The van der Waals surface area contributed by atoms with E-state index >= 15 is 0 Å². The maximum absolute atomic E-state index is 12.8. The van der Waals surface area contributed by atoms with Gasteiger partial charge in [-0.2, -0.15) is 0 Å². The number of carbonyl (C=O) groups excluding carboxylic acids is 1. The Kier molecular flexibility index (Phi) is 4.59. The number of carbonyl (C=O) groups is 1. The Balaban J connectivity index is 1.94. The minimum atomic E-state index is -0.0111. The van der Waals surface area contributed by atoms with E-state index in [9.17, 15) is 4.79 Å². The maximum atomic E-state index is 12.8. The van der Waals surface area contributed by atoms with Gasteiger partial charge in [0.1, 0.15) is 0 Å². The van der Waals surface area contributed by atoms with E-state index < -0.39 is 0 Å². The summed E-state index contributed by atoms with van der Waals surface area (Å²) in [5, 5.41) is 0.570. The second-order valence-electron chi connectivity index (χ2n) is 6.14. The normalized spacial score (nSPS) is 10.7. The third-order valence-electron chi connectivity index (χ3n) is 4.32. The Morgan fingerprint density at radius 2 is 1.80 bits per heavy atom. The van der Waals surface area contributed by atoms with E-state index in [1.165, 1.54) is 11.3 Å². The highest BCUT2D eigenvalue weighted by Crippen LogP contribution is 2.32. The minimum absolute atomic E-state index is 0.0111. The monoisotopic (exact) mass is 351 g/mol. The second kappa shape index (κ2) is 6.69. The standard InChI is InChI=1S/C20H21N3OS/c1-12-7-5-6-8-16(12)19(24)23(4)17-10-9-15(11-13(17)2)18-14(3)25-20(21)22-18/h5-11H,1-4H3,(H2,21,22). The number of aromatic nitrogens is 1. The highest BCUT2D eigenvalue weighted by atomic mass is 32.1. The van der Waals surface area contributed by atoms with Gasteiger partial charge < -0.3 is 10.6 Å². The smallest absolute Gasteiger partial charge is 0.258 e. The molecule has 0 aliphatic carbocycles. The summed E-state index contributed by atoms with van der Waals surface area (Å²) in [6, 6.07) is 13.7. The van der Waals surface area contributed by atoms with Crippen LogP contribution in [-0.4, -0.2) is 17.9 Å². The van der Waals surface area contributed by atoms with Crippen molar-refractivity contribution in [2.24, 2.45) is 0 Å². The summed E-state index contributed by atoms with van der Waals surface area (Å²) >= 11 is 1.49. The predicted molar refractivity (Wildman–Crippen MR) is 105 cm³/mol. The Bertz CT molecular complexity index is 946. The Morgan fingerprint density at radius 3 is 2.40 bits per heavy atom. The van der Waals surface area contributed by atoms with Crippen molar-refractivity contribution in [3.8, 4) is 11.3 Å². The highest BCUT2D eigenvalue weighted by molar-refractivity contribution is 7.15. The molecule has 0 aliphatic rings. The molecule has 1 heterocycles. The molecule has 0 unspecified atom stereocenters. The molecule has 25 heavy (non-hydrogen) atoms. The average Bonchev–Trinajstić information content (AvgIpc) is 2.92. The predicted octanol–water partition coefficient (Wildman–Crippen LogP) is 4.59. The fourth-order valence-electron chi connectivity index (χ4n) is 2.97. The van der Waals surface area contributed by atoms with Crippen LogP contribution in [0.25, 0.3) is 11.3 Å². The van der Waals surface area contributed by atoms with Crippen molar-refractivity contribution in [1.29, 1.82) is 0 Å². The number of hydrogen-bond acceptors (Lipinski definition) is 4. The molecule has 0 saturated carbocycles. The first-order chi connectivity index (χ1) is 11.9. The Labute approximate surface area is 151 Å². The molecule has 4 nitrogen and oxygen atoms in total. The first-order valence-corrected chi connectivity index (χ1v) is 8.87. The molecular weight excluding hydrogens is 330 g/mol. The fourth-order valence-corrected chi connectivity index (χ4v) is 3.68. The number of nitrogen functional groups attached to an aromatic ring is 1. The molecule has 0 saturated heterocycles. The third kappa shape index (κ3) is 3.28. The molecule has 0 radical (unpaired) electrons. The Hall–Kier alpha value is -2.66. The number of aryl methyl sites for hydroxylation is 3. The molecule has 0 fully saturated rings. The summed E-state index contributed by atoms with van der Waals surface area (Å²) in [4.78, 5) is 20.0. The van der Waals surface area contributed by atoms with E-state index in [1.807, 2.05) is 64.2 Å². The van der Waals surface area contributed by atoms with E-state index in [-0.39, 0.29) is 5.91 Å². The lowest BCUT2D eigenvalue weighted by Gasteiger charge is -2.21. The lowest BCUT2D eigenvalue weighted by Crippen LogP contribution is -2.27. The van der Waals surface area contributed by atoms with Crippen LogP contribution in [0.5, 0.6) is 0 Å². The van der Waals surface area contributed by atoms with Crippen LogP contribution in [0.1, 0.15) is 26.4 Å². The van der Waals surface area contributed by atoms with Gasteiger partial charge in [-0.15, -0.1) is 11.3 Å². The van der Waals surface area contributed by atoms with Gasteiger partial charge >= 0.3 is 0 Å². The number of benzene rings is 2. The maximum Gasteiger partial charge on any atom is 0.258 e. The lowest BCUT2D eigenvalue weighted by atomic mass is 10.0. The van der Waals surface area contributed by atoms with Gasteiger partial charge in [0, 0.05) is 28.7 Å². The number of rotatable bonds is 3. The van der Waals surface area contributed by atoms with Gasteiger partial charge in [-0.05, 0) is 50.1 Å². The lowest BCUT2D eigenvalue weighted by molar-refractivity contribution is 0.0992. The zero-order chi connectivity index (χ0) is 18.1. The molecule has 3 rings (SSSR count). The van der Waals surface area contributed by atoms with Crippen molar-refractivity contribution in [3.05, 3.63) is 64.0 Å². The van der Waals surface area contributed by atoms with Crippen LogP contribution < -0.4 is 10.6 Å². The van der Waals surface area contributed by atoms with Crippen LogP contribution in [0.4, 0.5) is 10.8 Å². The van der Waals surface area contributed by atoms with Gasteiger partial charge in [0.2, 0.25) is 0 Å². The van der Waals surface area contributed by atoms with Crippen molar-refractivity contribution < 1.29 is 4.79 Å². The first kappa shape index (κ1) is 17.2. The molecule has 1 aromatic heterocycles. The van der Waals surface area contributed by atoms with E-state index in [0.717, 1.165) is 38.5 Å². The summed E-state index contributed by atoms with van der Waals surface area (Å²) in [5.41, 5.74) is 11.3. The topological polar surface area (TPSA) is 59.2 Å². The number of hydrogen-bond donors (Lipinski definition) is 1. The molecule has 0 aliphatic heterocycles. The molecule has 0 atom stereocenters. The number of thiazole rings is 1. The third-order valence-corrected chi connectivity index (χ3v) is 5.12. The molecule has 2 N–H and O–H groups in total. The zero-order valence-corrected chi connectivity index (χ0v) is 15.6. The van der Waals surface area contributed by atoms with Crippen LogP contribution in [-0.2, 0) is 0 Å². The summed E-state index contributed by atoms with van der Waals surface area (Å²) in [6.45, 7) is 5.97. The van der Waals surface area contributed by atoms with Crippen LogP contribution in [0.15, 0.2) is 42.5 Å². The van der Waals surface area contributed by atoms with Gasteiger partial charge in [-0.3, -0.25) is 4.79 Å². The molecule has 2 aromatic carbocycles. The van der Waals surface area contributed by atoms with Crippen molar-refractivity contribution in [3.63, 3.8) is 0 Å². The van der Waals surface area contributed by atoms with Crippen LogP contribution in [0.2, 0.25) is 0 Å². The van der Waals surface area contributed by atoms with Gasteiger partial charge in [0.25, 0.3) is 5.91 Å². The van der Waals surface area contributed by atoms with Crippen molar-refractivity contribution in [2.75, 3.05) is 17.7 Å². The van der Waals surface area contributed by atoms with Crippen molar-refractivity contribution in [1.82, 2.24) is 4.98 Å². The molecule has 3 aromatic rings. The van der Waals surface area contributed by atoms with Gasteiger partial charge in [0.15, 0.2) is 5.13 Å². The minimum Gasteiger partial charge on any atom is -0.375 e. The largest absolute Gasteiger partial charge is 0.375 e. The molecule has 5 heteroatoms. The summed E-state index contributed by atoms with van der Waals surface area (Å²) in [7, 11) is 1.81. The molecule has 0 spiro atoms. The fraction of sp³-hybridized carbons (Fsp3) is 0.200. The molecule has 0 bridgehead atoms. The summed E-state index contributed by atoms with van der Waals surface area (Å²) in [6.07, 6.45) is 0. The van der Waals surface area contributed by atoms with Crippen molar-refractivity contribution in [2.45, 2.75) is 20.8 Å². The first-order valence-electron chi connectivity index (χ1n) is 8.06. The van der Waals surface area contributed by atoms with Crippen LogP contribution >= 0.6 is 11.3 Å². The molecule has 1 amide bonds. The average molecular weight is 351 g/mol. The Morgan fingerprint density at radius 1 is 1.08 bits per heavy atom. The number of anilines is 2. The van der Waals surface area contributed by atoms with E-state index in [1.54, 1.807) is 4.90 Å².